The Hall–Kier alpha value is -1.21. The zero-order valence-electron chi connectivity index (χ0n) is 12.2. The molecule has 1 heterocycles. The Morgan fingerprint density at radius 1 is 1.48 bits per heavy atom. The van der Waals surface area contributed by atoms with Crippen molar-refractivity contribution in [2.24, 2.45) is 5.41 Å². The van der Waals surface area contributed by atoms with E-state index in [9.17, 15) is 14.5 Å². The SMILES string of the molecule is CN1CCC(C)(CNc2cc(F)c(Br)cc2[N+](=O)[O-])CC1. The van der Waals surface area contributed by atoms with E-state index in [0.717, 1.165) is 25.9 Å². The number of nitro groups is 1. The van der Waals surface area contributed by atoms with Crippen LogP contribution in [0.25, 0.3) is 0 Å². The molecular formula is C14H19BrFN3O2. The smallest absolute Gasteiger partial charge is 0.293 e. The molecule has 0 aliphatic carbocycles. The van der Waals surface area contributed by atoms with Crippen molar-refractivity contribution in [2.75, 3.05) is 32.0 Å². The first-order valence-electron chi connectivity index (χ1n) is 6.87. The predicted octanol–water partition coefficient (Wildman–Crippen LogP) is 3.64. The predicted molar refractivity (Wildman–Crippen MR) is 84.1 cm³/mol. The Balaban J connectivity index is 2.12. The van der Waals surface area contributed by atoms with E-state index in [1.807, 2.05) is 0 Å². The van der Waals surface area contributed by atoms with E-state index >= 15 is 0 Å². The quantitative estimate of drug-likeness (QED) is 0.658. The zero-order valence-corrected chi connectivity index (χ0v) is 13.7. The second kappa shape index (κ2) is 6.27. The summed E-state index contributed by atoms with van der Waals surface area (Å²) in [5.41, 5.74) is 0.199. The van der Waals surface area contributed by atoms with Crippen molar-refractivity contribution in [1.82, 2.24) is 4.90 Å². The maximum absolute atomic E-state index is 13.6. The first-order chi connectivity index (χ1) is 9.81. The lowest BCUT2D eigenvalue weighted by atomic mass is 9.80. The fourth-order valence-electron chi connectivity index (χ4n) is 2.47. The molecule has 1 aromatic rings. The van der Waals surface area contributed by atoms with Crippen molar-refractivity contribution in [3.63, 3.8) is 0 Å². The van der Waals surface area contributed by atoms with Crippen LogP contribution in [-0.4, -0.2) is 36.5 Å². The van der Waals surface area contributed by atoms with Gasteiger partial charge in [-0.25, -0.2) is 4.39 Å². The molecule has 0 amide bonds. The summed E-state index contributed by atoms with van der Waals surface area (Å²) in [6.07, 6.45) is 2.03. The van der Waals surface area contributed by atoms with Crippen LogP contribution in [0.15, 0.2) is 16.6 Å². The molecule has 1 aromatic carbocycles. The molecule has 1 N–H and O–H groups in total. The van der Waals surface area contributed by atoms with Gasteiger partial charge >= 0.3 is 0 Å². The fourth-order valence-corrected chi connectivity index (χ4v) is 2.80. The average Bonchev–Trinajstić information content (AvgIpc) is 2.43. The Bertz CT molecular complexity index is 545. The molecule has 116 valence electrons. The number of benzene rings is 1. The van der Waals surface area contributed by atoms with Gasteiger partial charge in [0, 0.05) is 18.7 Å². The number of nitrogens with zero attached hydrogens (tertiary/aromatic N) is 2. The highest BCUT2D eigenvalue weighted by Gasteiger charge is 2.29. The molecule has 0 spiro atoms. The van der Waals surface area contributed by atoms with Crippen LogP contribution in [0, 0.1) is 21.3 Å². The Labute approximate surface area is 131 Å². The molecule has 7 heteroatoms. The molecule has 1 fully saturated rings. The molecule has 1 aliphatic heterocycles. The summed E-state index contributed by atoms with van der Waals surface area (Å²) in [7, 11) is 2.09. The van der Waals surface area contributed by atoms with Crippen molar-refractivity contribution in [3.8, 4) is 0 Å². The van der Waals surface area contributed by atoms with E-state index in [1.54, 1.807) is 0 Å². The number of piperidine rings is 1. The van der Waals surface area contributed by atoms with Gasteiger partial charge in [-0.15, -0.1) is 0 Å². The standard InChI is InChI=1S/C14H19BrFN3O2/c1-14(3-5-18(2)6-4-14)9-17-12-8-11(16)10(15)7-13(12)19(20)21/h7-8,17H,3-6,9H2,1-2H3. The van der Waals surface area contributed by atoms with Gasteiger partial charge < -0.3 is 10.2 Å². The number of rotatable bonds is 4. The summed E-state index contributed by atoms with van der Waals surface area (Å²) < 4.78 is 13.7. The highest BCUT2D eigenvalue weighted by molar-refractivity contribution is 9.10. The van der Waals surface area contributed by atoms with Crippen molar-refractivity contribution in [2.45, 2.75) is 19.8 Å². The number of nitrogens with one attached hydrogen (secondary N) is 1. The van der Waals surface area contributed by atoms with Crippen LogP contribution in [0.4, 0.5) is 15.8 Å². The highest BCUT2D eigenvalue weighted by Crippen LogP contribution is 2.34. The number of nitro benzene ring substituents is 1. The highest BCUT2D eigenvalue weighted by atomic mass is 79.9. The van der Waals surface area contributed by atoms with E-state index < -0.39 is 10.7 Å². The molecule has 0 aromatic heterocycles. The van der Waals surface area contributed by atoms with Crippen LogP contribution in [-0.2, 0) is 0 Å². The minimum Gasteiger partial charge on any atom is -0.379 e. The summed E-state index contributed by atoms with van der Waals surface area (Å²) in [4.78, 5) is 12.8. The lowest BCUT2D eigenvalue weighted by Gasteiger charge is -2.38. The normalized spacial score (nSPS) is 18.5. The van der Waals surface area contributed by atoms with Gasteiger partial charge in [-0.2, -0.15) is 0 Å². The Morgan fingerprint density at radius 3 is 2.67 bits per heavy atom. The summed E-state index contributed by atoms with van der Waals surface area (Å²) in [5, 5.41) is 14.1. The van der Waals surface area contributed by atoms with Crippen molar-refractivity contribution in [3.05, 3.63) is 32.5 Å². The first-order valence-corrected chi connectivity index (χ1v) is 7.66. The minimum absolute atomic E-state index is 0.0733. The minimum atomic E-state index is -0.503. The van der Waals surface area contributed by atoms with Gasteiger partial charge in [0.15, 0.2) is 0 Å². The third-order valence-corrected chi connectivity index (χ3v) is 4.74. The van der Waals surface area contributed by atoms with Gasteiger partial charge in [0.05, 0.1) is 9.40 Å². The molecule has 0 radical (unpaired) electrons. The third kappa shape index (κ3) is 3.91. The average molecular weight is 360 g/mol. The lowest BCUT2D eigenvalue weighted by Crippen LogP contribution is -2.40. The lowest BCUT2D eigenvalue weighted by molar-refractivity contribution is -0.384. The third-order valence-electron chi connectivity index (χ3n) is 4.14. The molecule has 1 saturated heterocycles. The summed E-state index contributed by atoms with van der Waals surface area (Å²) in [6, 6.07) is 2.38. The van der Waals surface area contributed by atoms with E-state index in [0.29, 0.717) is 6.54 Å². The number of likely N-dealkylation sites (tertiary alicyclic amines) is 1. The van der Waals surface area contributed by atoms with Crippen LogP contribution >= 0.6 is 15.9 Å². The van der Waals surface area contributed by atoms with E-state index in [2.05, 4.69) is 40.1 Å². The second-order valence-electron chi connectivity index (χ2n) is 6.01. The Kier molecular flexibility index (Phi) is 4.83. The molecular weight excluding hydrogens is 341 g/mol. The first kappa shape index (κ1) is 16.2. The Morgan fingerprint density at radius 2 is 2.10 bits per heavy atom. The van der Waals surface area contributed by atoms with Crippen LogP contribution in [0.2, 0.25) is 0 Å². The van der Waals surface area contributed by atoms with Gasteiger partial charge in [-0.05, 0) is 54.3 Å². The zero-order chi connectivity index (χ0) is 15.6. The number of hydrogen-bond donors (Lipinski definition) is 1. The van der Waals surface area contributed by atoms with Gasteiger partial charge in [-0.1, -0.05) is 6.92 Å². The maximum Gasteiger partial charge on any atom is 0.293 e. The van der Waals surface area contributed by atoms with Gasteiger partial charge in [-0.3, -0.25) is 10.1 Å². The van der Waals surface area contributed by atoms with Crippen molar-refractivity contribution < 1.29 is 9.31 Å². The van der Waals surface area contributed by atoms with Crippen molar-refractivity contribution in [1.29, 1.82) is 0 Å². The molecule has 0 atom stereocenters. The van der Waals surface area contributed by atoms with Gasteiger partial charge in [0.1, 0.15) is 11.5 Å². The summed E-state index contributed by atoms with van der Waals surface area (Å²) >= 11 is 2.98. The van der Waals surface area contributed by atoms with E-state index in [4.69, 9.17) is 0 Å². The van der Waals surface area contributed by atoms with Gasteiger partial charge in [0.2, 0.25) is 0 Å². The van der Waals surface area contributed by atoms with Gasteiger partial charge in [0.25, 0.3) is 5.69 Å². The second-order valence-corrected chi connectivity index (χ2v) is 6.86. The van der Waals surface area contributed by atoms with E-state index in [1.165, 1.54) is 12.1 Å². The number of anilines is 1. The number of hydrogen-bond acceptors (Lipinski definition) is 4. The molecule has 5 nitrogen and oxygen atoms in total. The molecule has 21 heavy (non-hydrogen) atoms. The van der Waals surface area contributed by atoms with E-state index in [-0.39, 0.29) is 21.3 Å². The van der Waals surface area contributed by atoms with Crippen molar-refractivity contribution >= 4 is 27.3 Å². The van der Waals surface area contributed by atoms with Crippen LogP contribution in [0.5, 0.6) is 0 Å². The maximum atomic E-state index is 13.6. The van der Waals surface area contributed by atoms with Crippen LogP contribution < -0.4 is 5.32 Å². The monoisotopic (exact) mass is 359 g/mol. The van der Waals surface area contributed by atoms with Crippen LogP contribution in [0.3, 0.4) is 0 Å². The molecule has 0 unspecified atom stereocenters. The largest absolute Gasteiger partial charge is 0.379 e. The fraction of sp³-hybridized carbons (Fsp3) is 0.571. The summed E-state index contributed by atoms with van der Waals surface area (Å²) in [6.45, 7) is 4.78. The molecule has 1 aliphatic rings. The molecule has 2 rings (SSSR count). The number of halogens is 2. The molecule has 0 saturated carbocycles. The summed E-state index contributed by atoms with van der Waals surface area (Å²) in [5.74, 6) is -0.503. The molecule has 0 bridgehead atoms. The van der Waals surface area contributed by atoms with Crippen LogP contribution in [0.1, 0.15) is 19.8 Å². The topological polar surface area (TPSA) is 58.4 Å².